The smallest absolute Gasteiger partial charge is 0.238 e. The molecule has 26 heavy (non-hydrogen) atoms. The minimum Gasteiger partial charge on any atom is -0.280 e. The van der Waals surface area contributed by atoms with Gasteiger partial charge in [0, 0.05) is 13.1 Å². The number of rotatable bonds is 4. The van der Waals surface area contributed by atoms with Crippen LogP contribution in [0, 0.1) is 5.82 Å². The molecule has 0 amide bonds. The van der Waals surface area contributed by atoms with E-state index in [1.54, 1.807) is 12.1 Å². The number of anilines is 1. The van der Waals surface area contributed by atoms with Gasteiger partial charge in [-0.2, -0.15) is 0 Å². The van der Waals surface area contributed by atoms with Gasteiger partial charge >= 0.3 is 0 Å². The van der Waals surface area contributed by atoms with Crippen LogP contribution in [0.15, 0.2) is 53.4 Å². The van der Waals surface area contributed by atoms with Crippen molar-refractivity contribution in [3.05, 3.63) is 59.9 Å². The molecule has 0 saturated carbocycles. The third kappa shape index (κ3) is 4.21. The van der Waals surface area contributed by atoms with Gasteiger partial charge in [0.2, 0.25) is 20.0 Å². The van der Waals surface area contributed by atoms with Gasteiger partial charge in [-0.25, -0.2) is 26.4 Å². The first kappa shape index (κ1) is 18.8. The van der Waals surface area contributed by atoms with E-state index < -0.39 is 20.0 Å². The van der Waals surface area contributed by atoms with Crippen molar-refractivity contribution in [1.29, 1.82) is 0 Å². The van der Waals surface area contributed by atoms with E-state index in [1.807, 2.05) is 4.90 Å². The summed E-state index contributed by atoms with van der Waals surface area (Å²) >= 11 is 0. The maximum Gasteiger partial charge on any atom is 0.238 e. The molecule has 0 bridgehead atoms. The highest BCUT2D eigenvalue weighted by atomic mass is 32.2. The molecule has 2 aromatic carbocycles. The van der Waals surface area contributed by atoms with Crippen molar-refractivity contribution in [2.24, 2.45) is 5.14 Å². The van der Waals surface area contributed by atoms with Gasteiger partial charge in [-0.15, -0.1) is 0 Å². The summed E-state index contributed by atoms with van der Waals surface area (Å²) in [5.74, 6) is -0.392. The van der Waals surface area contributed by atoms with Crippen LogP contribution in [-0.4, -0.2) is 40.7 Å². The lowest BCUT2D eigenvalue weighted by molar-refractivity contribution is 0.280. The fourth-order valence-corrected chi connectivity index (χ4v) is 4.72. The van der Waals surface area contributed by atoms with E-state index in [9.17, 15) is 21.2 Å². The molecule has 1 fully saturated rings. The molecule has 1 saturated heterocycles. The van der Waals surface area contributed by atoms with E-state index in [4.69, 9.17) is 5.14 Å². The summed E-state index contributed by atoms with van der Waals surface area (Å²) in [6.45, 7) is 0.946. The minimum absolute atomic E-state index is 0.0644. The van der Waals surface area contributed by atoms with E-state index in [0.29, 0.717) is 18.8 Å². The molecule has 140 valence electrons. The van der Waals surface area contributed by atoms with Gasteiger partial charge in [0.25, 0.3) is 0 Å². The fourth-order valence-electron chi connectivity index (χ4n) is 2.72. The molecular formula is C16H18FN3O4S2. The van der Waals surface area contributed by atoms with E-state index >= 15 is 0 Å². The molecule has 7 nitrogen and oxygen atoms in total. The molecule has 10 heteroatoms. The lowest BCUT2D eigenvalue weighted by Crippen LogP contribution is -2.50. The number of nitrogens with two attached hydrogens (primary N) is 1. The van der Waals surface area contributed by atoms with Gasteiger partial charge in [-0.05, 0) is 42.0 Å². The van der Waals surface area contributed by atoms with Crippen LogP contribution in [0.25, 0.3) is 0 Å². The topological polar surface area (TPSA) is 101 Å². The molecule has 2 N–H and O–H groups in total. The minimum atomic E-state index is -3.84. The van der Waals surface area contributed by atoms with Crippen molar-refractivity contribution in [2.75, 3.05) is 23.3 Å². The molecule has 1 heterocycles. The number of halogens is 1. The molecule has 0 aliphatic carbocycles. The predicted molar refractivity (Wildman–Crippen MR) is 95.8 cm³/mol. The zero-order chi connectivity index (χ0) is 18.9. The predicted octanol–water partition coefficient (Wildman–Crippen LogP) is 1.08. The Labute approximate surface area is 151 Å². The molecular weight excluding hydrogens is 381 g/mol. The molecule has 1 aliphatic rings. The Hall–Kier alpha value is -2.01. The number of hydrogen-bond donors (Lipinski definition) is 1. The summed E-state index contributed by atoms with van der Waals surface area (Å²) in [6.07, 6.45) is 0. The van der Waals surface area contributed by atoms with Gasteiger partial charge in [-0.1, -0.05) is 12.1 Å². The van der Waals surface area contributed by atoms with Crippen molar-refractivity contribution in [3.8, 4) is 0 Å². The van der Waals surface area contributed by atoms with Crippen LogP contribution < -0.4 is 9.44 Å². The third-order valence-corrected chi connectivity index (χ3v) is 6.73. The van der Waals surface area contributed by atoms with Gasteiger partial charge in [0.1, 0.15) is 5.82 Å². The van der Waals surface area contributed by atoms with Crippen LogP contribution in [0.3, 0.4) is 0 Å². The fraction of sp³-hybridized carbons (Fsp3) is 0.250. The van der Waals surface area contributed by atoms with E-state index in [0.717, 1.165) is 5.56 Å². The molecule has 1 aliphatic heterocycles. The Bertz CT molecular complexity index is 991. The first-order valence-corrected chi connectivity index (χ1v) is 10.9. The monoisotopic (exact) mass is 399 g/mol. The molecule has 2 aromatic rings. The normalized spacial score (nSPS) is 18.0. The van der Waals surface area contributed by atoms with Gasteiger partial charge in [0.15, 0.2) is 0 Å². The average Bonchev–Trinajstić information content (AvgIpc) is 2.58. The first-order chi connectivity index (χ1) is 12.1. The molecule has 0 unspecified atom stereocenters. The molecule has 0 spiro atoms. The standard InChI is InChI=1S/C16H18FN3O4S2/c17-14-3-1-13(2-4-14)11-19-9-10-25(21,22)20(12-19)15-5-7-16(8-6-15)26(18,23)24/h1-8H,9-12H2,(H2,18,23,24). The summed E-state index contributed by atoms with van der Waals surface area (Å²) in [7, 11) is -7.35. The van der Waals surface area contributed by atoms with Gasteiger partial charge < -0.3 is 0 Å². The van der Waals surface area contributed by atoms with Crippen LogP contribution in [0.5, 0.6) is 0 Å². The summed E-state index contributed by atoms with van der Waals surface area (Å²) in [5.41, 5.74) is 1.23. The molecule has 0 radical (unpaired) electrons. The lowest BCUT2D eigenvalue weighted by atomic mass is 10.2. The quantitative estimate of drug-likeness (QED) is 0.829. The zero-order valence-corrected chi connectivity index (χ0v) is 15.4. The molecule has 0 aromatic heterocycles. The largest absolute Gasteiger partial charge is 0.280 e. The molecule has 3 rings (SSSR count). The Kier molecular flexibility index (Phi) is 5.02. The summed E-state index contributed by atoms with van der Waals surface area (Å²) in [4.78, 5) is 1.83. The third-order valence-electron chi connectivity index (χ3n) is 4.10. The Morgan fingerprint density at radius 1 is 1.04 bits per heavy atom. The highest BCUT2D eigenvalue weighted by molar-refractivity contribution is 7.92. The van der Waals surface area contributed by atoms with Crippen LogP contribution in [-0.2, 0) is 26.6 Å². The van der Waals surface area contributed by atoms with Crippen molar-refractivity contribution in [3.63, 3.8) is 0 Å². The highest BCUT2D eigenvalue weighted by Crippen LogP contribution is 2.24. The lowest BCUT2D eigenvalue weighted by Gasteiger charge is -2.36. The van der Waals surface area contributed by atoms with Crippen LogP contribution in [0.1, 0.15) is 5.56 Å². The number of sulfonamides is 2. The van der Waals surface area contributed by atoms with E-state index in [2.05, 4.69) is 0 Å². The van der Waals surface area contributed by atoms with Gasteiger partial charge in [-0.3, -0.25) is 9.21 Å². The van der Waals surface area contributed by atoms with Crippen LogP contribution >= 0.6 is 0 Å². The SMILES string of the molecule is NS(=O)(=O)c1ccc(N2CN(Cc3ccc(F)cc3)CCS2(=O)=O)cc1. The Morgan fingerprint density at radius 2 is 1.65 bits per heavy atom. The second-order valence-electron chi connectivity index (χ2n) is 6.02. The van der Waals surface area contributed by atoms with Crippen molar-refractivity contribution in [1.82, 2.24) is 4.90 Å². The summed E-state index contributed by atoms with van der Waals surface area (Å²) < 4.78 is 61.7. The van der Waals surface area contributed by atoms with Crippen molar-refractivity contribution in [2.45, 2.75) is 11.4 Å². The van der Waals surface area contributed by atoms with E-state index in [1.165, 1.54) is 40.7 Å². The van der Waals surface area contributed by atoms with Gasteiger partial charge in [0.05, 0.1) is 23.0 Å². The summed E-state index contributed by atoms with van der Waals surface area (Å²) in [5, 5.41) is 5.06. The average molecular weight is 399 g/mol. The number of hydrogen-bond acceptors (Lipinski definition) is 5. The summed E-state index contributed by atoms with van der Waals surface area (Å²) in [6, 6.07) is 11.4. The Balaban J connectivity index is 1.81. The van der Waals surface area contributed by atoms with Crippen molar-refractivity contribution < 1.29 is 21.2 Å². The number of nitrogens with zero attached hydrogens (tertiary/aromatic N) is 2. The molecule has 0 atom stereocenters. The highest BCUT2D eigenvalue weighted by Gasteiger charge is 2.30. The second kappa shape index (κ2) is 6.95. The maximum absolute atomic E-state index is 13.0. The number of primary sulfonamides is 1. The maximum atomic E-state index is 13.0. The second-order valence-corrected chi connectivity index (χ2v) is 9.60. The first-order valence-electron chi connectivity index (χ1n) is 7.75. The zero-order valence-electron chi connectivity index (χ0n) is 13.7. The van der Waals surface area contributed by atoms with Crippen molar-refractivity contribution >= 4 is 25.7 Å². The van der Waals surface area contributed by atoms with E-state index in [-0.39, 0.29) is 23.1 Å². The Morgan fingerprint density at radius 3 is 2.23 bits per heavy atom. The number of benzene rings is 2. The van der Waals surface area contributed by atoms with Crippen LogP contribution in [0.2, 0.25) is 0 Å². The van der Waals surface area contributed by atoms with Crippen LogP contribution in [0.4, 0.5) is 10.1 Å².